The monoisotopic (exact) mass is 558 g/mol. The first kappa shape index (κ1) is 26.4. The molecule has 4 N–H and O–H groups in total. The average Bonchev–Trinajstić information content (AvgIpc) is 3.05. The number of nitrogens with zero attached hydrogens (tertiary/aromatic N) is 2. The fourth-order valence-corrected chi connectivity index (χ4v) is 6.39. The third kappa shape index (κ3) is 4.39. The van der Waals surface area contributed by atoms with E-state index in [4.69, 9.17) is 11.5 Å². The molecule has 4 nitrogen and oxygen atoms in total. The molecule has 210 valence electrons. The van der Waals surface area contributed by atoms with E-state index in [0.717, 1.165) is 45.3 Å². The highest BCUT2D eigenvalue weighted by atomic mass is 15.2. The van der Waals surface area contributed by atoms with Crippen LogP contribution in [0.3, 0.4) is 0 Å². The van der Waals surface area contributed by atoms with E-state index in [0.29, 0.717) is 11.4 Å². The van der Waals surface area contributed by atoms with Crippen LogP contribution in [0.5, 0.6) is 0 Å². The van der Waals surface area contributed by atoms with Gasteiger partial charge in [-0.15, -0.1) is 0 Å². The molecule has 0 spiro atoms. The van der Waals surface area contributed by atoms with Crippen LogP contribution in [0.25, 0.3) is 11.1 Å². The Morgan fingerprint density at radius 1 is 0.465 bits per heavy atom. The quantitative estimate of drug-likeness (QED) is 0.207. The summed E-state index contributed by atoms with van der Waals surface area (Å²) >= 11 is 0. The van der Waals surface area contributed by atoms with Crippen molar-refractivity contribution in [3.05, 3.63) is 157 Å². The van der Waals surface area contributed by atoms with Crippen LogP contribution in [0.2, 0.25) is 0 Å². The molecule has 7 rings (SSSR count). The van der Waals surface area contributed by atoms with Gasteiger partial charge in [0.1, 0.15) is 0 Å². The molecule has 0 saturated heterocycles. The van der Waals surface area contributed by atoms with Crippen LogP contribution in [-0.4, -0.2) is 0 Å². The average molecular weight is 559 g/mol. The molecule has 0 fully saturated rings. The first-order valence-corrected chi connectivity index (χ1v) is 14.6. The van der Waals surface area contributed by atoms with Crippen LogP contribution < -0.4 is 21.3 Å². The van der Waals surface area contributed by atoms with E-state index in [1.807, 2.05) is 12.1 Å². The second-order valence-corrected chi connectivity index (χ2v) is 11.5. The summed E-state index contributed by atoms with van der Waals surface area (Å²) < 4.78 is 0. The van der Waals surface area contributed by atoms with Crippen LogP contribution in [0.4, 0.5) is 45.5 Å². The Morgan fingerprint density at radius 3 is 1.47 bits per heavy atom. The molecule has 1 aliphatic heterocycles. The number of hydrogen-bond acceptors (Lipinski definition) is 4. The van der Waals surface area contributed by atoms with Crippen molar-refractivity contribution in [2.75, 3.05) is 21.3 Å². The molecule has 6 aromatic carbocycles. The van der Waals surface area contributed by atoms with Crippen molar-refractivity contribution in [3.8, 4) is 11.1 Å². The fraction of sp³-hybridized carbons (Fsp3) is 0.0769. The van der Waals surface area contributed by atoms with Gasteiger partial charge in [0.25, 0.3) is 0 Å². The third-order valence-corrected chi connectivity index (χ3v) is 8.61. The first-order chi connectivity index (χ1) is 20.9. The molecule has 4 heteroatoms. The van der Waals surface area contributed by atoms with Crippen molar-refractivity contribution in [2.45, 2.75) is 19.3 Å². The minimum absolute atomic E-state index is 0.140. The van der Waals surface area contributed by atoms with E-state index >= 15 is 0 Å². The minimum atomic E-state index is -0.140. The normalized spacial score (nSPS) is 13.2. The molecule has 0 aliphatic carbocycles. The maximum Gasteiger partial charge on any atom is 0.0799 e. The predicted octanol–water partition coefficient (Wildman–Crippen LogP) is 10.1. The highest BCUT2D eigenvalue weighted by Gasteiger charge is 2.37. The van der Waals surface area contributed by atoms with Crippen molar-refractivity contribution < 1.29 is 0 Å². The van der Waals surface area contributed by atoms with Gasteiger partial charge in [0, 0.05) is 28.0 Å². The fourth-order valence-electron chi connectivity index (χ4n) is 6.39. The molecule has 0 aromatic heterocycles. The molecule has 6 aromatic rings. The molecule has 43 heavy (non-hydrogen) atoms. The van der Waals surface area contributed by atoms with Gasteiger partial charge in [0.05, 0.1) is 28.4 Å². The van der Waals surface area contributed by atoms with Crippen molar-refractivity contribution in [1.82, 2.24) is 0 Å². The molecular formula is C39H34N4. The number of anilines is 8. The predicted molar refractivity (Wildman–Crippen MR) is 182 cm³/mol. The lowest BCUT2D eigenvalue weighted by Crippen LogP contribution is -2.30. The van der Waals surface area contributed by atoms with E-state index in [1.165, 1.54) is 11.1 Å². The molecule has 0 unspecified atom stereocenters. The molecule has 0 amide bonds. The number of para-hydroxylation sites is 4. The Morgan fingerprint density at radius 2 is 0.930 bits per heavy atom. The van der Waals surface area contributed by atoms with E-state index in [9.17, 15) is 0 Å². The Labute approximate surface area is 253 Å². The van der Waals surface area contributed by atoms with E-state index in [-0.39, 0.29) is 5.41 Å². The molecule has 0 atom stereocenters. The summed E-state index contributed by atoms with van der Waals surface area (Å²) in [5.74, 6) is 0. The van der Waals surface area contributed by atoms with E-state index in [2.05, 4.69) is 157 Å². The summed E-state index contributed by atoms with van der Waals surface area (Å²) in [4.78, 5) is 4.50. The highest BCUT2D eigenvalue weighted by Crippen LogP contribution is 2.53. The van der Waals surface area contributed by atoms with Crippen LogP contribution in [0.15, 0.2) is 146 Å². The molecule has 0 saturated carbocycles. The van der Waals surface area contributed by atoms with Crippen LogP contribution >= 0.6 is 0 Å². The number of nitrogen functional groups attached to an aromatic ring is 2. The molecule has 1 aliphatic rings. The first-order valence-electron chi connectivity index (χ1n) is 14.6. The summed E-state index contributed by atoms with van der Waals surface area (Å²) in [5.41, 5.74) is 25.6. The largest absolute Gasteiger partial charge is 0.396 e. The smallest absolute Gasteiger partial charge is 0.0799 e. The zero-order valence-corrected chi connectivity index (χ0v) is 24.4. The standard InChI is InChI=1S/C39H34N4/c1-39(2)32-17-9-11-19-34(32)43(35-20-12-10-18-33(35)39)36-26-25-31(37(40)38(36)41)27-21-23-30(24-22-27)42(28-13-5-3-6-14-28)29-15-7-4-8-16-29/h3-26H,40-41H2,1-2H3. The van der Waals surface area contributed by atoms with E-state index < -0.39 is 0 Å². The van der Waals surface area contributed by atoms with Crippen molar-refractivity contribution in [1.29, 1.82) is 0 Å². The second-order valence-electron chi connectivity index (χ2n) is 11.5. The maximum absolute atomic E-state index is 6.89. The van der Waals surface area contributed by atoms with Crippen LogP contribution in [0, 0.1) is 0 Å². The minimum Gasteiger partial charge on any atom is -0.396 e. The Hall–Kier alpha value is -5.48. The molecule has 1 heterocycles. The lowest BCUT2D eigenvalue weighted by Gasteiger charge is -2.42. The van der Waals surface area contributed by atoms with Crippen molar-refractivity contribution >= 4 is 45.5 Å². The van der Waals surface area contributed by atoms with Gasteiger partial charge >= 0.3 is 0 Å². The number of nitrogens with two attached hydrogens (primary N) is 2. The van der Waals surface area contributed by atoms with Gasteiger partial charge < -0.3 is 21.3 Å². The molecule has 0 bridgehead atoms. The third-order valence-electron chi connectivity index (χ3n) is 8.61. The van der Waals surface area contributed by atoms with Crippen molar-refractivity contribution in [3.63, 3.8) is 0 Å². The lowest BCUT2D eigenvalue weighted by molar-refractivity contribution is 0.632. The number of hydrogen-bond donors (Lipinski definition) is 2. The molecular weight excluding hydrogens is 524 g/mol. The van der Waals surface area contributed by atoms with Gasteiger partial charge in [-0.2, -0.15) is 0 Å². The maximum atomic E-state index is 6.89. The van der Waals surface area contributed by atoms with Crippen molar-refractivity contribution in [2.24, 2.45) is 0 Å². The SMILES string of the molecule is CC1(C)c2ccccc2N(c2ccc(-c3ccc(N(c4ccccc4)c4ccccc4)cc3)c(N)c2N)c2ccccc21. The van der Waals surface area contributed by atoms with Gasteiger partial charge in [0.15, 0.2) is 0 Å². The van der Waals surface area contributed by atoms with E-state index in [1.54, 1.807) is 0 Å². The second kappa shape index (κ2) is 10.4. The van der Waals surface area contributed by atoms with Crippen LogP contribution in [-0.2, 0) is 5.41 Å². The van der Waals surface area contributed by atoms with Gasteiger partial charge in [-0.1, -0.05) is 105 Å². The number of fused-ring (bicyclic) bond motifs is 2. The lowest BCUT2D eigenvalue weighted by atomic mass is 9.73. The Bertz CT molecular complexity index is 1820. The van der Waals surface area contributed by atoms with Crippen LogP contribution in [0.1, 0.15) is 25.0 Å². The summed E-state index contributed by atoms with van der Waals surface area (Å²) in [6.07, 6.45) is 0. The summed E-state index contributed by atoms with van der Waals surface area (Å²) in [6.45, 7) is 4.56. The van der Waals surface area contributed by atoms with Gasteiger partial charge in [0.2, 0.25) is 0 Å². The van der Waals surface area contributed by atoms with Gasteiger partial charge in [-0.25, -0.2) is 0 Å². The zero-order valence-electron chi connectivity index (χ0n) is 24.4. The van der Waals surface area contributed by atoms with Gasteiger partial charge in [-0.05, 0) is 71.3 Å². The summed E-state index contributed by atoms with van der Waals surface area (Å²) in [6, 6.07) is 50.6. The number of rotatable bonds is 5. The Balaban J connectivity index is 1.29. The Kier molecular flexibility index (Phi) is 6.40. The summed E-state index contributed by atoms with van der Waals surface area (Å²) in [7, 11) is 0. The summed E-state index contributed by atoms with van der Waals surface area (Å²) in [5, 5.41) is 0. The zero-order chi connectivity index (χ0) is 29.6. The highest BCUT2D eigenvalue weighted by molar-refractivity contribution is 5.98. The molecule has 0 radical (unpaired) electrons. The number of benzene rings is 6. The van der Waals surface area contributed by atoms with Gasteiger partial charge in [-0.3, -0.25) is 0 Å². The topological polar surface area (TPSA) is 58.5 Å².